The summed E-state index contributed by atoms with van der Waals surface area (Å²) in [5.74, 6) is 0. The van der Waals surface area contributed by atoms with Gasteiger partial charge >= 0.3 is 0 Å². The molecule has 1 aromatic carbocycles. The molecule has 7 heteroatoms. The maximum Gasteiger partial charge on any atom is 0.131 e. The molecule has 0 amide bonds. The zero-order chi connectivity index (χ0) is 13.7. The molecule has 0 saturated carbocycles. The van der Waals surface area contributed by atoms with E-state index in [1.54, 1.807) is 6.07 Å². The third kappa shape index (κ3) is 1.99. The standard InChI is InChI=1S/C13H14Cl2N4S/c14-9-6-10(15)13(12-11(9)16-20-17-12)19-5-4-18-3-1-2-8(18)7-19/h6,8H,1-5,7H2. The van der Waals surface area contributed by atoms with E-state index in [1.165, 1.54) is 30.7 Å². The second-order valence-electron chi connectivity index (χ2n) is 5.43. The lowest BCUT2D eigenvalue weighted by Crippen LogP contribution is -2.50. The van der Waals surface area contributed by atoms with Gasteiger partial charge in [0.1, 0.15) is 11.4 Å². The monoisotopic (exact) mass is 328 g/mol. The number of rotatable bonds is 1. The molecule has 3 aliphatic heterocycles. The highest BCUT2D eigenvalue weighted by Gasteiger charge is 2.33. The minimum absolute atomic E-state index is 0.585. The molecule has 0 aromatic heterocycles. The number of fused-ring (bicyclic) bond motifs is 2. The van der Waals surface area contributed by atoms with E-state index in [9.17, 15) is 0 Å². The van der Waals surface area contributed by atoms with E-state index in [0.29, 0.717) is 16.1 Å². The SMILES string of the molecule is Clc1cc(Cl)c(N2CCN3CCCC3C2)c2c1N=S=N2. The lowest BCUT2D eigenvalue weighted by molar-refractivity contribution is 0.231. The summed E-state index contributed by atoms with van der Waals surface area (Å²) in [6.45, 7) is 4.35. The van der Waals surface area contributed by atoms with Crippen LogP contribution in [0.4, 0.5) is 17.1 Å². The summed E-state index contributed by atoms with van der Waals surface area (Å²) in [6, 6.07) is 2.44. The first-order valence-electron chi connectivity index (χ1n) is 6.83. The van der Waals surface area contributed by atoms with Crippen LogP contribution in [0.15, 0.2) is 14.8 Å². The molecule has 0 radical (unpaired) electrons. The summed E-state index contributed by atoms with van der Waals surface area (Å²) < 4.78 is 8.69. The van der Waals surface area contributed by atoms with Gasteiger partial charge in [0.25, 0.3) is 0 Å². The van der Waals surface area contributed by atoms with Gasteiger partial charge in [-0.15, -0.1) is 0 Å². The van der Waals surface area contributed by atoms with Crippen LogP contribution in [-0.4, -0.2) is 37.1 Å². The Hall–Kier alpha value is -0.620. The largest absolute Gasteiger partial charge is 0.366 e. The molecule has 2 saturated heterocycles. The van der Waals surface area contributed by atoms with Crippen molar-refractivity contribution in [3.8, 4) is 0 Å². The molecule has 0 bridgehead atoms. The summed E-state index contributed by atoms with van der Waals surface area (Å²) >= 11 is 13.8. The van der Waals surface area contributed by atoms with Gasteiger partial charge in [0.15, 0.2) is 0 Å². The van der Waals surface area contributed by atoms with Crippen LogP contribution in [0, 0.1) is 0 Å². The fraction of sp³-hybridized carbons (Fsp3) is 0.538. The Kier molecular flexibility index (Phi) is 3.26. The van der Waals surface area contributed by atoms with Gasteiger partial charge in [-0.05, 0) is 25.5 Å². The zero-order valence-electron chi connectivity index (χ0n) is 10.9. The Morgan fingerprint density at radius 3 is 2.85 bits per heavy atom. The van der Waals surface area contributed by atoms with Crippen molar-refractivity contribution in [2.45, 2.75) is 18.9 Å². The van der Waals surface area contributed by atoms with Gasteiger partial charge < -0.3 is 4.90 Å². The van der Waals surface area contributed by atoms with Crippen LogP contribution >= 0.6 is 23.2 Å². The minimum atomic E-state index is 0.585. The van der Waals surface area contributed by atoms with Crippen molar-refractivity contribution in [3.05, 3.63) is 16.1 Å². The van der Waals surface area contributed by atoms with Crippen LogP contribution < -0.4 is 4.90 Å². The van der Waals surface area contributed by atoms with Gasteiger partial charge in [0.05, 0.1) is 27.1 Å². The van der Waals surface area contributed by atoms with Gasteiger partial charge in [0, 0.05) is 25.7 Å². The smallest absolute Gasteiger partial charge is 0.131 e. The molecule has 2 fully saturated rings. The fourth-order valence-electron chi connectivity index (χ4n) is 3.36. The molecule has 0 spiro atoms. The van der Waals surface area contributed by atoms with Crippen LogP contribution in [-0.2, 0) is 11.4 Å². The van der Waals surface area contributed by atoms with Crippen molar-refractivity contribution in [2.75, 3.05) is 31.1 Å². The maximum absolute atomic E-state index is 6.44. The summed E-state index contributed by atoms with van der Waals surface area (Å²) in [6.07, 6.45) is 2.58. The Morgan fingerprint density at radius 2 is 1.95 bits per heavy atom. The molecule has 20 heavy (non-hydrogen) atoms. The quantitative estimate of drug-likeness (QED) is 0.792. The van der Waals surface area contributed by atoms with E-state index in [2.05, 4.69) is 18.5 Å². The fourth-order valence-corrected chi connectivity index (χ4v) is 4.58. The van der Waals surface area contributed by atoms with Crippen LogP contribution in [0.1, 0.15) is 12.8 Å². The highest BCUT2D eigenvalue weighted by atomic mass is 35.5. The van der Waals surface area contributed by atoms with Crippen LogP contribution in [0.25, 0.3) is 0 Å². The molecule has 1 unspecified atom stereocenters. The van der Waals surface area contributed by atoms with E-state index in [1.807, 2.05) is 0 Å². The lowest BCUT2D eigenvalue weighted by Gasteiger charge is -2.39. The number of benzene rings is 1. The third-order valence-corrected chi connectivity index (χ3v) is 5.43. The zero-order valence-corrected chi connectivity index (χ0v) is 13.2. The first kappa shape index (κ1) is 13.1. The number of anilines is 1. The number of halogens is 2. The number of hydrogen-bond donors (Lipinski definition) is 0. The van der Waals surface area contributed by atoms with E-state index in [4.69, 9.17) is 23.2 Å². The molecular formula is C13H14Cl2N4S. The molecule has 1 atom stereocenters. The van der Waals surface area contributed by atoms with Crippen LogP contribution in [0.3, 0.4) is 0 Å². The van der Waals surface area contributed by atoms with Crippen molar-refractivity contribution in [1.82, 2.24) is 4.90 Å². The summed E-state index contributed by atoms with van der Waals surface area (Å²) in [7, 11) is 0. The second-order valence-corrected chi connectivity index (χ2v) is 6.77. The second kappa shape index (κ2) is 4.98. The normalized spacial score (nSPS) is 24.7. The Labute approximate surface area is 131 Å². The first-order valence-corrected chi connectivity index (χ1v) is 8.32. The highest BCUT2D eigenvalue weighted by Crippen LogP contribution is 2.49. The molecule has 3 aliphatic rings. The highest BCUT2D eigenvalue weighted by molar-refractivity contribution is 7.58. The van der Waals surface area contributed by atoms with Crippen molar-refractivity contribution in [3.63, 3.8) is 0 Å². The summed E-state index contributed by atoms with van der Waals surface area (Å²) in [5, 5.41) is 1.27. The Balaban J connectivity index is 1.73. The van der Waals surface area contributed by atoms with E-state index in [0.717, 1.165) is 36.7 Å². The Bertz CT molecular complexity index is 642. The number of nitrogens with zero attached hydrogens (tertiary/aromatic N) is 4. The predicted octanol–water partition coefficient (Wildman–Crippen LogP) is 4.00. The van der Waals surface area contributed by atoms with Crippen molar-refractivity contribution in [1.29, 1.82) is 0 Å². The molecule has 106 valence electrons. The third-order valence-electron chi connectivity index (χ3n) is 4.32. The Morgan fingerprint density at radius 1 is 1.10 bits per heavy atom. The van der Waals surface area contributed by atoms with Crippen LogP contribution in [0.2, 0.25) is 10.0 Å². The predicted molar refractivity (Wildman–Crippen MR) is 84.8 cm³/mol. The summed E-state index contributed by atoms with van der Waals surface area (Å²) in [4.78, 5) is 4.94. The minimum Gasteiger partial charge on any atom is -0.366 e. The molecule has 4 rings (SSSR count). The van der Waals surface area contributed by atoms with Crippen LogP contribution in [0.5, 0.6) is 0 Å². The molecule has 1 aromatic rings. The average molecular weight is 329 g/mol. The number of hydrogen-bond acceptors (Lipinski definition) is 4. The van der Waals surface area contributed by atoms with E-state index in [-0.39, 0.29) is 0 Å². The summed E-state index contributed by atoms with van der Waals surface area (Å²) in [5.41, 5.74) is 2.62. The van der Waals surface area contributed by atoms with Gasteiger partial charge in [-0.2, -0.15) is 8.73 Å². The molecule has 0 N–H and O–H groups in total. The molecule has 4 nitrogen and oxygen atoms in total. The molecule has 0 aliphatic carbocycles. The molecular weight excluding hydrogens is 315 g/mol. The van der Waals surface area contributed by atoms with Gasteiger partial charge in [-0.3, -0.25) is 4.90 Å². The van der Waals surface area contributed by atoms with Gasteiger partial charge in [-0.1, -0.05) is 23.2 Å². The number of piperazine rings is 1. The first-order chi connectivity index (χ1) is 9.74. The van der Waals surface area contributed by atoms with Crippen molar-refractivity contribution >= 4 is 51.6 Å². The van der Waals surface area contributed by atoms with Crippen molar-refractivity contribution in [2.24, 2.45) is 8.73 Å². The van der Waals surface area contributed by atoms with Gasteiger partial charge in [0.2, 0.25) is 0 Å². The van der Waals surface area contributed by atoms with Crippen molar-refractivity contribution < 1.29 is 0 Å². The average Bonchev–Trinajstić information content (AvgIpc) is 3.06. The maximum atomic E-state index is 6.44. The van der Waals surface area contributed by atoms with Gasteiger partial charge in [-0.25, -0.2) is 0 Å². The van der Waals surface area contributed by atoms with E-state index < -0.39 is 0 Å². The topological polar surface area (TPSA) is 31.2 Å². The van der Waals surface area contributed by atoms with E-state index >= 15 is 0 Å². The lowest BCUT2D eigenvalue weighted by atomic mass is 10.1. The molecule has 3 heterocycles.